The molecule has 0 aromatic heterocycles. The van der Waals surface area contributed by atoms with Crippen LogP contribution in [0.15, 0.2) is 46.9 Å². The summed E-state index contributed by atoms with van der Waals surface area (Å²) < 4.78 is 19.7. The molecule has 2 rings (SSSR count). The van der Waals surface area contributed by atoms with Crippen LogP contribution < -0.4 is 4.74 Å². The van der Waals surface area contributed by atoms with E-state index >= 15 is 0 Å². The maximum Gasteiger partial charge on any atom is 0.171 e. The minimum absolute atomic E-state index is 0.106. The zero-order chi connectivity index (χ0) is 13.1. The number of rotatable bonds is 3. The lowest BCUT2D eigenvalue weighted by Crippen LogP contribution is -2.04. The van der Waals surface area contributed by atoms with Crippen molar-refractivity contribution >= 4 is 15.9 Å². The first kappa shape index (κ1) is 13.1. The number of hydrogen-bond acceptors (Lipinski definition) is 2. The molecule has 94 valence electrons. The summed E-state index contributed by atoms with van der Waals surface area (Å²) in [6.07, 6.45) is -1.02. The Kier molecular flexibility index (Phi) is 3.99. The molecule has 18 heavy (non-hydrogen) atoms. The molecule has 1 unspecified atom stereocenters. The highest BCUT2D eigenvalue weighted by Gasteiger charge is 2.19. The van der Waals surface area contributed by atoms with E-state index in [2.05, 4.69) is 15.9 Å². The summed E-state index contributed by atoms with van der Waals surface area (Å²) in [4.78, 5) is 0. The molecule has 0 saturated carbocycles. The van der Waals surface area contributed by atoms with Crippen LogP contribution in [0.25, 0.3) is 0 Å². The zero-order valence-electron chi connectivity index (χ0n) is 9.73. The second-order valence-corrected chi connectivity index (χ2v) is 4.74. The maximum absolute atomic E-state index is 14.1. The van der Waals surface area contributed by atoms with Gasteiger partial charge in [-0.15, -0.1) is 0 Å². The van der Waals surface area contributed by atoms with Crippen molar-refractivity contribution in [2.45, 2.75) is 6.10 Å². The highest BCUT2D eigenvalue weighted by Crippen LogP contribution is 2.32. The summed E-state index contributed by atoms with van der Waals surface area (Å²) in [5.74, 6) is -0.439. The molecule has 1 N–H and O–H groups in total. The second kappa shape index (κ2) is 5.50. The molecule has 0 heterocycles. The quantitative estimate of drug-likeness (QED) is 0.937. The fourth-order valence-corrected chi connectivity index (χ4v) is 2.20. The third-order valence-electron chi connectivity index (χ3n) is 2.66. The normalized spacial score (nSPS) is 12.2. The standard InChI is InChI=1S/C14H12BrFO2/c1-18-12-8-10(15)7-11(13(12)16)14(17)9-5-3-2-4-6-9/h2-8,14,17H,1H3. The molecule has 0 spiro atoms. The molecule has 0 saturated heterocycles. The van der Waals surface area contributed by atoms with Gasteiger partial charge in [0.05, 0.1) is 7.11 Å². The molecule has 0 radical (unpaired) electrons. The minimum Gasteiger partial charge on any atom is -0.494 e. The zero-order valence-corrected chi connectivity index (χ0v) is 11.3. The molecule has 2 aromatic carbocycles. The molecule has 0 aliphatic heterocycles. The lowest BCUT2D eigenvalue weighted by Gasteiger charge is -2.14. The molecular weight excluding hydrogens is 299 g/mol. The number of methoxy groups -OCH3 is 1. The van der Waals surface area contributed by atoms with Crippen molar-refractivity contribution in [2.24, 2.45) is 0 Å². The summed E-state index contributed by atoms with van der Waals surface area (Å²) in [6, 6.07) is 12.0. The molecule has 0 aliphatic rings. The predicted molar refractivity (Wildman–Crippen MR) is 71.2 cm³/mol. The monoisotopic (exact) mass is 310 g/mol. The fraction of sp³-hybridized carbons (Fsp3) is 0.143. The Morgan fingerprint density at radius 2 is 1.89 bits per heavy atom. The van der Waals surface area contributed by atoms with Gasteiger partial charge in [0, 0.05) is 10.0 Å². The van der Waals surface area contributed by atoms with Gasteiger partial charge in [0.2, 0.25) is 0 Å². The molecule has 4 heteroatoms. The molecule has 2 aromatic rings. The SMILES string of the molecule is COc1cc(Br)cc(C(O)c2ccccc2)c1F. The van der Waals surface area contributed by atoms with Gasteiger partial charge in [-0.2, -0.15) is 0 Å². The Hall–Kier alpha value is -1.39. The van der Waals surface area contributed by atoms with Crippen LogP contribution in [0.3, 0.4) is 0 Å². The van der Waals surface area contributed by atoms with Crippen LogP contribution in [0.2, 0.25) is 0 Å². The topological polar surface area (TPSA) is 29.5 Å². The lowest BCUT2D eigenvalue weighted by molar-refractivity contribution is 0.213. The number of ether oxygens (including phenoxy) is 1. The Balaban J connectivity index is 2.48. The number of halogens is 2. The second-order valence-electron chi connectivity index (χ2n) is 3.82. The Bertz CT molecular complexity index is 543. The van der Waals surface area contributed by atoms with Crippen LogP contribution in [0.5, 0.6) is 5.75 Å². The van der Waals surface area contributed by atoms with Crippen LogP contribution in [-0.2, 0) is 0 Å². The van der Waals surface area contributed by atoms with Crippen LogP contribution in [0.1, 0.15) is 17.2 Å². The maximum atomic E-state index is 14.1. The van der Waals surface area contributed by atoms with E-state index < -0.39 is 11.9 Å². The number of aliphatic hydroxyl groups is 1. The van der Waals surface area contributed by atoms with Gasteiger partial charge < -0.3 is 9.84 Å². The lowest BCUT2D eigenvalue weighted by atomic mass is 10.0. The van der Waals surface area contributed by atoms with Crippen LogP contribution >= 0.6 is 15.9 Å². The molecule has 1 atom stereocenters. The van der Waals surface area contributed by atoms with Crippen molar-refractivity contribution in [3.05, 3.63) is 63.9 Å². The highest BCUT2D eigenvalue weighted by molar-refractivity contribution is 9.10. The van der Waals surface area contributed by atoms with Gasteiger partial charge in [0.25, 0.3) is 0 Å². The average molecular weight is 311 g/mol. The minimum atomic E-state index is -1.02. The molecular formula is C14H12BrFO2. The van der Waals surface area contributed by atoms with Gasteiger partial charge >= 0.3 is 0 Å². The van der Waals surface area contributed by atoms with Crippen LogP contribution in [0, 0.1) is 5.82 Å². The van der Waals surface area contributed by atoms with E-state index in [1.165, 1.54) is 13.2 Å². The van der Waals surface area contributed by atoms with Crippen LogP contribution in [0.4, 0.5) is 4.39 Å². The molecule has 0 amide bonds. The van der Waals surface area contributed by atoms with Crippen LogP contribution in [-0.4, -0.2) is 12.2 Å². The van der Waals surface area contributed by atoms with E-state index in [0.717, 1.165) is 0 Å². The predicted octanol–water partition coefficient (Wildman–Crippen LogP) is 3.68. The van der Waals surface area contributed by atoms with Gasteiger partial charge in [0.15, 0.2) is 11.6 Å². The first-order valence-corrected chi connectivity index (χ1v) is 6.18. The largest absolute Gasteiger partial charge is 0.494 e. The van der Waals surface area contributed by atoms with E-state index in [4.69, 9.17) is 4.74 Å². The molecule has 0 aliphatic carbocycles. The van der Waals surface area contributed by atoms with E-state index in [1.54, 1.807) is 30.3 Å². The van der Waals surface area contributed by atoms with Gasteiger partial charge in [-0.3, -0.25) is 0 Å². The summed E-state index contributed by atoms with van der Waals surface area (Å²) in [5, 5.41) is 10.2. The third-order valence-corrected chi connectivity index (χ3v) is 3.12. The molecule has 0 bridgehead atoms. The van der Waals surface area contributed by atoms with E-state index in [1.807, 2.05) is 6.07 Å². The smallest absolute Gasteiger partial charge is 0.171 e. The molecule has 0 fully saturated rings. The van der Waals surface area contributed by atoms with Crippen molar-refractivity contribution in [3.63, 3.8) is 0 Å². The number of aliphatic hydroxyl groups excluding tert-OH is 1. The van der Waals surface area contributed by atoms with Crippen molar-refractivity contribution in [1.29, 1.82) is 0 Å². The van der Waals surface area contributed by atoms with Crippen molar-refractivity contribution < 1.29 is 14.2 Å². The summed E-state index contributed by atoms with van der Waals surface area (Å²) >= 11 is 3.27. The Morgan fingerprint density at radius 1 is 1.22 bits per heavy atom. The van der Waals surface area contributed by atoms with Crippen molar-refractivity contribution in [2.75, 3.05) is 7.11 Å². The number of benzene rings is 2. The highest BCUT2D eigenvalue weighted by atomic mass is 79.9. The number of hydrogen-bond donors (Lipinski definition) is 1. The van der Waals surface area contributed by atoms with E-state index in [0.29, 0.717) is 10.0 Å². The molecule has 2 nitrogen and oxygen atoms in total. The summed E-state index contributed by atoms with van der Waals surface area (Å²) in [5.41, 5.74) is 0.823. The summed E-state index contributed by atoms with van der Waals surface area (Å²) in [6.45, 7) is 0. The first-order chi connectivity index (χ1) is 8.63. The summed E-state index contributed by atoms with van der Waals surface area (Å²) in [7, 11) is 1.39. The van der Waals surface area contributed by atoms with E-state index in [9.17, 15) is 9.50 Å². The average Bonchev–Trinajstić information content (AvgIpc) is 2.41. The first-order valence-electron chi connectivity index (χ1n) is 5.39. The fourth-order valence-electron chi connectivity index (χ4n) is 1.75. The van der Waals surface area contributed by atoms with Gasteiger partial charge in [-0.05, 0) is 17.7 Å². The van der Waals surface area contributed by atoms with Gasteiger partial charge in [-0.25, -0.2) is 4.39 Å². The van der Waals surface area contributed by atoms with E-state index in [-0.39, 0.29) is 11.3 Å². The van der Waals surface area contributed by atoms with Crippen molar-refractivity contribution in [3.8, 4) is 5.75 Å². The Labute approximate surface area is 113 Å². The van der Waals surface area contributed by atoms with Crippen molar-refractivity contribution in [1.82, 2.24) is 0 Å². The Morgan fingerprint density at radius 3 is 2.50 bits per heavy atom. The van der Waals surface area contributed by atoms with Gasteiger partial charge in [0.1, 0.15) is 6.10 Å². The third kappa shape index (κ3) is 2.54. The van der Waals surface area contributed by atoms with Gasteiger partial charge in [-0.1, -0.05) is 46.3 Å².